The summed E-state index contributed by atoms with van der Waals surface area (Å²) in [6, 6.07) is 3.73. The first kappa shape index (κ1) is 12.0. The molecule has 0 bridgehead atoms. The Hall–Kier alpha value is -1.03. The summed E-state index contributed by atoms with van der Waals surface area (Å²) in [7, 11) is 1.60. The summed E-state index contributed by atoms with van der Waals surface area (Å²) in [4.78, 5) is 12.7. The predicted octanol–water partition coefficient (Wildman–Crippen LogP) is 3.30. The van der Waals surface area contributed by atoms with E-state index in [4.69, 9.17) is 9.47 Å². The van der Waals surface area contributed by atoms with Crippen molar-refractivity contribution in [3.8, 4) is 11.5 Å². The Morgan fingerprint density at radius 1 is 1.50 bits per heavy atom. The topological polar surface area (TPSA) is 35.5 Å². The molecule has 2 unspecified atom stereocenters. The van der Waals surface area contributed by atoms with Crippen LogP contribution in [0.1, 0.15) is 41.6 Å². The van der Waals surface area contributed by atoms with Crippen molar-refractivity contribution in [3.05, 3.63) is 23.3 Å². The van der Waals surface area contributed by atoms with Crippen molar-refractivity contribution in [2.75, 3.05) is 13.7 Å². The lowest BCUT2D eigenvalue weighted by Gasteiger charge is -2.20. The molecule has 1 aliphatic heterocycles. The zero-order valence-electron chi connectivity index (χ0n) is 10.5. The maximum Gasteiger partial charge on any atom is 0.183 e. The molecule has 1 heterocycles. The van der Waals surface area contributed by atoms with Gasteiger partial charge in [-0.15, -0.1) is 0 Å². The second-order valence-corrected chi connectivity index (χ2v) is 6.88. The zero-order valence-corrected chi connectivity index (χ0v) is 12.0. The number of Topliss-reactive ketones (excluding diaryl/α,β-unsaturated/α-hetero) is 1. The van der Waals surface area contributed by atoms with Crippen LogP contribution in [0, 0.1) is 0 Å². The van der Waals surface area contributed by atoms with Gasteiger partial charge in [-0.25, -0.2) is 0 Å². The molecule has 0 spiro atoms. The number of carbonyl (C=O) groups excluding carboxylic acids is 1. The molecule has 18 heavy (non-hydrogen) atoms. The highest BCUT2D eigenvalue weighted by atomic mass is 79.9. The normalized spacial score (nSPS) is 29.5. The van der Waals surface area contributed by atoms with Crippen molar-refractivity contribution in [1.29, 1.82) is 0 Å². The van der Waals surface area contributed by atoms with Crippen molar-refractivity contribution >= 4 is 21.7 Å². The van der Waals surface area contributed by atoms with E-state index in [9.17, 15) is 4.79 Å². The molecular weight excluding hydrogens is 296 g/mol. The molecule has 0 saturated carbocycles. The second kappa shape index (κ2) is 3.98. The summed E-state index contributed by atoms with van der Waals surface area (Å²) < 4.78 is 10.5. The van der Waals surface area contributed by atoms with Gasteiger partial charge in [0.05, 0.1) is 23.6 Å². The number of hydrogen-bond acceptors (Lipinski definition) is 3. The molecule has 0 saturated heterocycles. The van der Waals surface area contributed by atoms with Crippen molar-refractivity contribution in [2.24, 2.45) is 0 Å². The molecular formula is C14H15BrO3. The SMILES string of the molecule is COc1ccc2c3c1C(=O)C(C)(Br)CCC3CO2. The number of ketones is 1. The first-order valence-corrected chi connectivity index (χ1v) is 6.91. The summed E-state index contributed by atoms with van der Waals surface area (Å²) in [5.41, 5.74) is 1.75. The number of rotatable bonds is 1. The Balaban J connectivity index is 2.27. The smallest absolute Gasteiger partial charge is 0.183 e. The van der Waals surface area contributed by atoms with Crippen LogP contribution in [0.4, 0.5) is 0 Å². The first-order chi connectivity index (χ1) is 8.54. The Bertz CT molecular complexity index is 522. The Kier molecular flexibility index (Phi) is 2.66. The van der Waals surface area contributed by atoms with E-state index in [1.54, 1.807) is 7.11 Å². The fraction of sp³-hybridized carbons (Fsp3) is 0.500. The number of alkyl halides is 1. The van der Waals surface area contributed by atoms with Crippen LogP contribution in [-0.4, -0.2) is 23.8 Å². The lowest BCUT2D eigenvalue weighted by molar-refractivity contribution is 0.0948. The molecule has 0 fully saturated rings. The van der Waals surface area contributed by atoms with Crippen LogP contribution in [0.2, 0.25) is 0 Å². The van der Waals surface area contributed by atoms with Crippen LogP contribution in [0.25, 0.3) is 0 Å². The van der Waals surface area contributed by atoms with Gasteiger partial charge in [-0.05, 0) is 31.9 Å². The highest BCUT2D eigenvalue weighted by Crippen LogP contribution is 2.48. The van der Waals surface area contributed by atoms with Crippen molar-refractivity contribution < 1.29 is 14.3 Å². The third kappa shape index (κ3) is 1.58. The van der Waals surface area contributed by atoms with Crippen LogP contribution in [-0.2, 0) is 0 Å². The maximum atomic E-state index is 12.7. The van der Waals surface area contributed by atoms with Crippen molar-refractivity contribution in [2.45, 2.75) is 30.0 Å². The molecule has 4 heteroatoms. The second-order valence-electron chi connectivity index (χ2n) is 5.13. The van der Waals surface area contributed by atoms with E-state index in [0.29, 0.717) is 23.8 Å². The summed E-state index contributed by atoms with van der Waals surface area (Å²) in [6.07, 6.45) is 1.78. The third-order valence-corrected chi connectivity index (χ3v) is 4.65. The number of hydrogen-bond donors (Lipinski definition) is 0. The quantitative estimate of drug-likeness (QED) is 0.747. The van der Waals surface area contributed by atoms with Gasteiger partial charge < -0.3 is 9.47 Å². The fourth-order valence-electron chi connectivity index (χ4n) is 2.84. The van der Waals surface area contributed by atoms with Gasteiger partial charge in [-0.2, -0.15) is 0 Å². The molecule has 1 aliphatic carbocycles. The highest BCUT2D eigenvalue weighted by molar-refractivity contribution is 9.10. The Morgan fingerprint density at radius 2 is 2.28 bits per heavy atom. The van der Waals surface area contributed by atoms with Crippen LogP contribution in [0.15, 0.2) is 12.1 Å². The lowest BCUT2D eigenvalue weighted by atomic mass is 9.93. The molecule has 0 N–H and O–H groups in total. The average Bonchev–Trinajstić information content (AvgIpc) is 2.73. The van der Waals surface area contributed by atoms with Gasteiger partial charge in [0.2, 0.25) is 0 Å². The van der Waals surface area contributed by atoms with Gasteiger partial charge in [-0.3, -0.25) is 4.79 Å². The van der Waals surface area contributed by atoms with Gasteiger partial charge in [0.15, 0.2) is 5.78 Å². The van der Waals surface area contributed by atoms with E-state index < -0.39 is 4.32 Å². The summed E-state index contributed by atoms with van der Waals surface area (Å²) in [5.74, 6) is 1.91. The van der Waals surface area contributed by atoms with E-state index >= 15 is 0 Å². The van der Waals surface area contributed by atoms with E-state index in [1.165, 1.54) is 0 Å². The highest BCUT2D eigenvalue weighted by Gasteiger charge is 2.42. The minimum atomic E-state index is -0.500. The van der Waals surface area contributed by atoms with E-state index in [2.05, 4.69) is 15.9 Å². The monoisotopic (exact) mass is 310 g/mol. The number of methoxy groups -OCH3 is 1. The van der Waals surface area contributed by atoms with Gasteiger partial charge in [0.25, 0.3) is 0 Å². The van der Waals surface area contributed by atoms with E-state index in [-0.39, 0.29) is 5.78 Å². The molecule has 0 amide bonds. The van der Waals surface area contributed by atoms with Gasteiger partial charge in [0.1, 0.15) is 11.5 Å². The molecule has 0 radical (unpaired) electrons. The molecule has 0 aromatic heterocycles. The minimum Gasteiger partial charge on any atom is -0.496 e. The number of halogens is 1. The van der Waals surface area contributed by atoms with Gasteiger partial charge in [0, 0.05) is 11.5 Å². The predicted molar refractivity (Wildman–Crippen MR) is 72.1 cm³/mol. The standard InChI is InChI=1S/C14H15BrO3/c1-14(15)6-5-8-7-18-10-4-3-9(17-2)12(11(8)10)13(14)16/h3-4,8H,5-7H2,1-2H3. The summed E-state index contributed by atoms with van der Waals surface area (Å²) in [5, 5.41) is 0. The molecule has 3 rings (SSSR count). The largest absolute Gasteiger partial charge is 0.496 e. The summed E-state index contributed by atoms with van der Waals surface area (Å²) >= 11 is 3.57. The van der Waals surface area contributed by atoms with Crippen LogP contribution in [0.3, 0.4) is 0 Å². The first-order valence-electron chi connectivity index (χ1n) is 6.12. The molecule has 2 aliphatic rings. The zero-order chi connectivity index (χ0) is 12.9. The van der Waals surface area contributed by atoms with Crippen LogP contribution >= 0.6 is 15.9 Å². The van der Waals surface area contributed by atoms with E-state index in [0.717, 1.165) is 24.2 Å². The van der Waals surface area contributed by atoms with Crippen LogP contribution < -0.4 is 9.47 Å². The third-order valence-electron chi connectivity index (χ3n) is 3.90. The maximum absolute atomic E-state index is 12.7. The summed E-state index contributed by atoms with van der Waals surface area (Å²) in [6.45, 7) is 2.61. The van der Waals surface area contributed by atoms with Gasteiger partial charge >= 0.3 is 0 Å². The molecule has 96 valence electrons. The average molecular weight is 311 g/mol. The Labute approximate surface area is 115 Å². The molecule has 2 atom stereocenters. The van der Waals surface area contributed by atoms with Crippen molar-refractivity contribution in [1.82, 2.24) is 0 Å². The van der Waals surface area contributed by atoms with E-state index in [1.807, 2.05) is 19.1 Å². The number of ether oxygens (including phenoxy) is 2. The number of carbonyl (C=O) groups is 1. The lowest BCUT2D eigenvalue weighted by Crippen LogP contribution is -2.27. The molecule has 3 nitrogen and oxygen atoms in total. The van der Waals surface area contributed by atoms with Gasteiger partial charge in [-0.1, -0.05) is 15.9 Å². The van der Waals surface area contributed by atoms with Crippen LogP contribution in [0.5, 0.6) is 11.5 Å². The minimum absolute atomic E-state index is 0.101. The number of benzene rings is 1. The Morgan fingerprint density at radius 3 is 3.00 bits per heavy atom. The molecule has 1 aromatic rings. The van der Waals surface area contributed by atoms with Crippen molar-refractivity contribution in [3.63, 3.8) is 0 Å². The fourth-order valence-corrected chi connectivity index (χ4v) is 3.26. The molecule has 1 aromatic carbocycles.